The summed E-state index contributed by atoms with van der Waals surface area (Å²) in [5.41, 5.74) is 0.661. The highest BCUT2D eigenvalue weighted by Gasteiger charge is 2.14. The summed E-state index contributed by atoms with van der Waals surface area (Å²) in [5.74, 6) is -0.393. The van der Waals surface area contributed by atoms with Gasteiger partial charge in [-0.2, -0.15) is 0 Å². The fraction of sp³-hybridized carbons (Fsp3) is 0.385. The number of nitrogens with zero attached hydrogens (tertiary/aromatic N) is 1. The van der Waals surface area contributed by atoms with Gasteiger partial charge in [0.15, 0.2) is 0 Å². The van der Waals surface area contributed by atoms with E-state index in [-0.39, 0.29) is 32.1 Å². The monoisotopic (exact) mass is 266 g/mol. The van der Waals surface area contributed by atoms with Crippen molar-refractivity contribution in [1.82, 2.24) is 4.90 Å². The van der Waals surface area contributed by atoms with E-state index in [2.05, 4.69) is 10.1 Å². The van der Waals surface area contributed by atoms with Crippen molar-refractivity contribution in [3.63, 3.8) is 0 Å². The Bertz CT molecular complexity index is 408. The van der Waals surface area contributed by atoms with Gasteiger partial charge in [-0.3, -0.25) is 4.79 Å². The Labute approximate surface area is 112 Å². The van der Waals surface area contributed by atoms with Gasteiger partial charge in [-0.1, -0.05) is 18.2 Å². The van der Waals surface area contributed by atoms with Crippen molar-refractivity contribution in [3.8, 4) is 0 Å². The van der Waals surface area contributed by atoms with Crippen LogP contribution >= 0.6 is 0 Å². The van der Waals surface area contributed by atoms with Gasteiger partial charge in [-0.25, -0.2) is 4.79 Å². The van der Waals surface area contributed by atoms with Crippen LogP contribution in [0.1, 0.15) is 6.42 Å². The maximum absolute atomic E-state index is 12.0. The zero-order valence-electron chi connectivity index (χ0n) is 10.8. The Hall–Kier alpha value is -2.08. The molecular weight excluding hydrogens is 248 g/mol. The van der Waals surface area contributed by atoms with Gasteiger partial charge in [0.1, 0.15) is 0 Å². The number of rotatable bonds is 6. The number of anilines is 1. The van der Waals surface area contributed by atoms with Gasteiger partial charge in [0.25, 0.3) is 0 Å². The molecule has 0 saturated carbocycles. The lowest BCUT2D eigenvalue weighted by molar-refractivity contribution is -0.140. The minimum Gasteiger partial charge on any atom is -0.469 e. The van der Waals surface area contributed by atoms with Crippen molar-refractivity contribution in [1.29, 1.82) is 0 Å². The van der Waals surface area contributed by atoms with Crippen molar-refractivity contribution in [2.24, 2.45) is 0 Å². The molecule has 1 rings (SSSR count). The molecule has 1 aromatic carbocycles. The number of para-hydroxylation sites is 1. The molecule has 0 fully saturated rings. The van der Waals surface area contributed by atoms with E-state index in [1.807, 2.05) is 6.07 Å². The summed E-state index contributed by atoms with van der Waals surface area (Å²) in [7, 11) is 1.29. The third-order valence-corrected chi connectivity index (χ3v) is 2.50. The molecule has 2 N–H and O–H groups in total. The molecule has 0 spiro atoms. The molecule has 0 saturated heterocycles. The van der Waals surface area contributed by atoms with Crippen LogP contribution in [0.15, 0.2) is 30.3 Å². The summed E-state index contributed by atoms with van der Waals surface area (Å²) in [6.45, 7) is 0.199. The first-order valence-electron chi connectivity index (χ1n) is 5.96. The van der Waals surface area contributed by atoms with E-state index in [0.717, 1.165) is 0 Å². The zero-order valence-corrected chi connectivity index (χ0v) is 10.8. The maximum atomic E-state index is 12.0. The molecule has 0 heterocycles. The van der Waals surface area contributed by atoms with Gasteiger partial charge in [0.05, 0.1) is 20.1 Å². The van der Waals surface area contributed by atoms with Crippen LogP contribution in [0.3, 0.4) is 0 Å². The van der Waals surface area contributed by atoms with Crippen LogP contribution in [0.25, 0.3) is 0 Å². The Balaban J connectivity index is 2.55. The third kappa shape index (κ3) is 5.39. The van der Waals surface area contributed by atoms with E-state index in [4.69, 9.17) is 5.11 Å². The molecule has 0 unspecified atom stereocenters. The number of carbonyl (C=O) groups is 2. The number of hydrogen-bond donors (Lipinski definition) is 2. The second kappa shape index (κ2) is 8.10. The van der Waals surface area contributed by atoms with Crippen LogP contribution in [0.2, 0.25) is 0 Å². The topological polar surface area (TPSA) is 78.9 Å². The van der Waals surface area contributed by atoms with Gasteiger partial charge in [-0.15, -0.1) is 0 Å². The molecule has 0 aromatic heterocycles. The number of methoxy groups -OCH3 is 1. The molecule has 1 aromatic rings. The highest BCUT2D eigenvalue weighted by molar-refractivity contribution is 5.89. The third-order valence-electron chi connectivity index (χ3n) is 2.50. The first-order valence-corrected chi connectivity index (χ1v) is 5.96. The average Bonchev–Trinajstić information content (AvgIpc) is 2.44. The van der Waals surface area contributed by atoms with Gasteiger partial charge >= 0.3 is 12.0 Å². The fourth-order valence-corrected chi connectivity index (χ4v) is 1.49. The van der Waals surface area contributed by atoms with E-state index in [0.29, 0.717) is 5.69 Å². The molecule has 0 aliphatic rings. The highest BCUT2D eigenvalue weighted by Crippen LogP contribution is 2.07. The number of esters is 1. The highest BCUT2D eigenvalue weighted by atomic mass is 16.5. The number of benzene rings is 1. The SMILES string of the molecule is COC(=O)CCN(CCO)C(=O)Nc1ccccc1. The Morgan fingerprint density at radius 1 is 1.26 bits per heavy atom. The Morgan fingerprint density at radius 3 is 2.53 bits per heavy atom. The summed E-state index contributed by atoms with van der Waals surface area (Å²) < 4.78 is 4.52. The molecule has 0 radical (unpaired) electrons. The Kier molecular flexibility index (Phi) is 6.38. The normalized spacial score (nSPS) is 9.79. The van der Waals surface area contributed by atoms with E-state index in [1.165, 1.54) is 12.0 Å². The van der Waals surface area contributed by atoms with Crippen LogP contribution in [0.5, 0.6) is 0 Å². The zero-order chi connectivity index (χ0) is 14.1. The quantitative estimate of drug-likeness (QED) is 0.755. The van der Waals surface area contributed by atoms with Crippen LogP contribution < -0.4 is 5.32 Å². The molecule has 104 valence electrons. The van der Waals surface area contributed by atoms with E-state index < -0.39 is 5.97 Å². The van der Waals surface area contributed by atoms with Crippen LogP contribution in [-0.4, -0.2) is 48.8 Å². The second-order valence-corrected chi connectivity index (χ2v) is 3.83. The number of amides is 2. The standard InChI is InChI=1S/C13H18N2O4/c1-19-12(17)7-8-15(9-10-16)13(18)14-11-5-3-2-4-6-11/h2-6,16H,7-10H2,1H3,(H,14,18). The minimum absolute atomic E-state index is 0.0959. The maximum Gasteiger partial charge on any atom is 0.321 e. The summed E-state index contributed by atoms with van der Waals surface area (Å²) in [4.78, 5) is 24.4. The predicted molar refractivity (Wildman–Crippen MR) is 70.8 cm³/mol. The van der Waals surface area contributed by atoms with Crippen LogP contribution in [-0.2, 0) is 9.53 Å². The average molecular weight is 266 g/mol. The van der Waals surface area contributed by atoms with Gasteiger partial charge in [-0.05, 0) is 12.1 Å². The van der Waals surface area contributed by atoms with Crippen molar-refractivity contribution in [2.75, 3.05) is 32.1 Å². The summed E-state index contributed by atoms with van der Waals surface area (Å²) in [6.07, 6.45) is 0.0959. The Morgan fingerprint density at radius 2 is 1.95 bits per heavy atom. The first-order chi connectivity index (χ1) is 9.17. The van der Waals surface area contributed by atoms with Gasteiger partial charge in [0, 0.05) is 18.8 Å². The number of aliphatic hydroxyl groups is 1. The number of hydrogen-bond acceptors (Lipinski definition) is 4. The molecule has 2 amide bonds. The molecule has 0 aliphatic heterocycles. The van der Waals surface area contributed by atoms with E-state index in [1.54, 1.807) is 24.3 Å². The predicted octanol–water partition coefficient (Wildman–Crippen LogP) is 1.08. The van der Waals surface area contributed by atoms with Crippen LogP contribution in [0, 0.1) is 0 Å². The fourth-order valence-electron chi connectivity index (χ4n) is 1.49. The largest absolute Gasteiger partial charge is 0.469 e. The van der Waals surface area contributed by atoms with E-state index in [9.17, 15) is 9.59 Å². The lowest BCUT2D eigenvalue weighted by Gasteiger charge is -2.21. The number of nitrogens with one attached hydrogen (secondary N) is 1. The van der Waals surface area contributed by atoms with Crippen molar-refractivity contribution in [2.45, 2.75) is 6.42 Å². The number of ether oxygens (including phenoxy) is 1. The van der Waals surface area contributed by atoms with Crippen molar-refractivity contribution in [3.05, 3.63) is 30.3 Å². The smallest absolute Gasteiger partial charge is 0.321 e. The number of aliphatic hydroxyl groups excluding tert-OH is 1. The van der Waals surface area contributed by atoms with Crippen molar-refractivity contribution >= 4 is 17.7 Å². The molecule has 6 heteroatoms. The van der Waals surface area contributed by atoms with Gasteiger partial charge < -0.3 is 20.1 Å². The van der Waals surface area contributed by atoms with E-state index >= 15 is 0 Å². The van der Waals surface area contributed by atoms with Crippen LogP contribution in [0.4, 0.5) is 10.5 Å². The first kappa shape index (κ1) is 15.0. The molecular formula is C13H18N2O4. The lowest BCUT2D eigenvalue weighted by Crippen LogP contribution is -2.38. The van der Waals surface area contributed by atoms with Crippen molar-refractivity contribution < 1.29 is 19.4 Å². The lowest BCUT2D eigenvalue weighted by atomic mass is 10.3. The number of carbonyl (C=O) groups excluding carboxylic acids is 2. The molecule has 0 aliphatic carbocycles. The summed E-state index contributed by atoms with van der Waals surface area (Å²) >= 11 is 0. The minimum atomic E-state index is -0.393. The number of urea groups is 1. The second-order valence-electron chi connectivity index (χ2n) is 3.83. The van der Waals surface area contributed by atoms with Gasteiger partial charge in [0.2, 0.25) is 0 Å². The molecule has 19 heavy (non-hydrogen) atoms. The molecule has 0 atom stereocenters. The summed E-state index contributed by atoms with van der Waals surface area (Å²) in [6, 6.07) is 8.62. The molecule has 6 nitrogen and oxygen atoms in total. The summed E-state index contributed by atoms with van der Waals surface area (Å²) in [5, 5.41) is 11.6. The molecule has 0 bridgehead atoms.